The Bertz CT molecular complexity index is 194. The quantitative estimate of drug-likeness (QED) is 0.697. The fourth-order valence-corrected chi connectivity index (χ4v) is 2.02. The van der Waals surface area contributed by atoms with E-state index in [2.05, 4.69) is 0 Å². The van der Waals surface area contributed by atoms with E-state index in [1.807, 2.05) is 4.90 Å². The summed E-state index contributed by atoms with van der Waals surface area (Å²) in [6, 6.07) is -0.392. The second kappa shape index (κ2) is 5.32. The van der Waals surface area contributed by atoms with Gasteiger partial charge in [0.1, 0.15) is 6.04 Å². The highest BCUT2D eigenvalue weighted by molar-refractivity contribution is 5.72. The molecule has 4 heteroatoms. The maximum atomic E-state index is 10.8. The lowest BCUT2D eigenvalue weighted by molar-refractivity contribution is -0.143. The molecule has 1 saturated heterocycles. The van der Waals surface area contributed by atoms with Crippen molar-refractivity contribution in [2.45, 2.75) is 32.2 Å². The number of aliphatic hydroxyl groups is 1. The van der Waals surface area contributed by atoms with Crippen LogP contribution in [0.15, 0.2) is 0 Å². The van der Waals surface area contributed by atoms with Crippen LogP contribution in [0.4, 0.5) is 0 Å². The Morgan fingerprint density at radius 1 is 1.64 bits per heavy atom. The van der Waals surface area contributed by atoms with Crippen molar-refractivity contribution in [1.82, 2.24) is 4.90 Å². The van der Waals surface area contributed by atoms with Crippen molar-refractivity contribution in [3.63, 3.8) is 0 Å². The Balaban J connectivity index is 2.43. The van der Waals surface area contributed by atoms with Crippen LogP contribution >= 0.6 is 0 Å². The average Bonchev–Trinajstić information content (AvgIpc) is 2.17. The molecule has 0 amide bonds. The molecule has 0 aromatic heterocycles. The summed E-state index contributed by atoms with van der Waals surface area (Å²) in [5.41, 5.74) is 0. The number of carboxylic acids is 1. The molecule has 1 heterocycles. The van der Waals surface area contributed by atoms with E-state index in [9.17, 15) is 4.79 Å². The van der Waals surface area contributed by atoms with E-state index in [1.54, 1.807) is 6.92 Å². The fraction of sp³-hybridized carbons (Fsp3) is 0.900. The molecule has 1 aliphatic rings. The second-order valence-electron chi connectivity index (χ2n) is 4.03. The molecule has 2 N–H and O–H groups in total. The summed E-state index contributed by atoms with van der Waals surface area (Å²) in [4.78, 5) is 12.8. The highest BCUT2D eigenvalue weighted by Crippen LogP contribution is 2.20. The maximum Gasteiger partial charge on any atom is 0.320 e. The Morgan fingerprint density at radius 3 is 2.93 bits per heavy atom. The molecule has 2 unspecified atom stereocenters. The lowest BCUT2D eigenvalue weighted by Crippen LogP contribution is -2.45. The van der Waals surface area contributed by atoms with Gasteiger partial charge in [-0.3, -0.25) is 9.69 Å². The van der Waals surface area contributed by atoms with Gasteiger partial charge in [-0.2, -0.15) is 0 Å². The maximum absolute atomic E-state index is 10.8. The fourth-order valence-electron chi connectivity index (χ4n) is 2.02. The topological polar surface area (TPSA) is 60.8 Å². The molecular formula is C10H19NO3. The van der Waals surface area contributed by atoms with Gasteiger partial charge in [-0.25, -0.2) is 0 Å². The SMILES string of the molecule is CC(C(=O)O)N1CCCC(CCO)C1. The molecule has 0 aromatic rings. The average molecular weight is 201 g/mol. The highest BCUT2D eigenvalue weighted by Gasteiger charge is 2.26. The van der Waals surface area contributed by atoms with E-state index < -0.39 is 12.0 Å². The van der Waals surface area contributed by atoms with Crippen LogP contribution in [0.2, 0.25) is 0 Å². The summed E-state index contributed by atoms with van der Waals surface area (Å²) in [5.74, 6) is -0.287. The Morgan fingerprint density at radius 2 is 2.36 bits per heavy atom. The number of rotatable bonds is 4. The van der Waals surface area contributed by atoms with E-state index in [0.717, 1.165) is 32.4 Å². The molecule has 1 rings (SSSR count). The minimum absolute atomic E-state index is 0.208. The molecule has 0 spiro atoms. The van der Waals surface area contributed by atoms with E-state index >= 15 is 0 Å². The molecule has 4 nitrogen and oxygen atoms in total. The Hall–Kier alpha value is -0.610. The molecule has 0 aromatic carbocycles. The zero-order chi connectivity index (χ0) is 10.6. The number of aliphatic hydroxyl groups excluding tert-OH is 1. The van der Waals surface area contributed by atoms with Crippen molar-refractivity contribution in [3.05, 3.63) is 0 Å². The Labute approximate surface area is 84.5 Å². The van der Waals surface area contributed by atoms with E-state index in [0.29, 0.717) is 5.92 Å². The molecule has 82 valence electrons. The van der Waals surface area contributed by atoms with E-state index in [1.165, 1.54) is 0 Å². The second-order valence-corrected chi connectivity index (χ2v) is 4.03. The number of aliphatic carboxylic acids is 1. The Kier molecular flexibility index (Phi) is 4.35. The first-order chi connectivity index (χ1) is 6.65. The summed E-state index contributed by atoms with van der Waals surface area (Å²) in [5, 5.41) is 17.7. The molecule has 1 aliphatic heterocycles. The van der Waals surface area contributed by atoms with Crippen LogP contribution < -0.4 is 0 Å². The number of hydrogen-bond acceptors (Lipinski definition) is 3. The van der Waals surface area contributed by atoms with Gasteiger partial charge in [-0.15, -0.1) is 0 Å². The lowest BCUT2D eigenvalue weighted by atomic mass is 9.94. The summed E-state index contributed by atoms with van der Waals surface area (Å²) < 4.78 is 0. The van der Waals surface area contributed by atoms with Crippen molar-refractivity contribution >= 4 is 5.97 Å². The van der Waals surface area contributed by atoms with Gasteiger partial charge in [0, 0.05) is 13.2 Å². The summed E-state index contributed by atoms with van der Waals surface area (Å²) in [6.07, 6.45) is 2.95. The van der Waals surface area contributed by atoms with Crippen molar-refractivity contribution in [2.75, 3.05) is 19.7 Å². The predicted octanol–water partition coefficient (Wildman–Crippen LogP) is 0.554. The summed E-state index contributed by atoms with van der Waals surface area (Å²) in [7, 11) is 0. The number of nitrogens with zero attached hydrogens (tertiary/aromatic N) is 1. The first-order valence-electron chi connectivity index (χ1n) is 5.23. The third-order valence-corrected chi connectivity index (χ3v) is 2.99. The summed E-state index contributed by atoms with van der Waals surface area (Å²) >= 11 is 0. The lowest BCUT2D eigenvalue weighted by Gasteiger charge is -2.34. The van der Waals surface area contributed by atoms with Gasteiger partial charge in [-0.05, 0) is 38.6 Å². The molecule has 0 aliphatic carbocycles. The van der Waals surface area contributed by atoms with Gasteiger partial charge in [0.2, 0.25) is 0 Å². The van der Waals surface area contributed by atoms with Crippen LogP contribution in [0.1, 0.15) is 26.2 Å². The molecule has 1 fully saturated rings. The molecular weight excluding hydrogens is 182 g/mol. The van der Waals surface area contributed by atoms with Crippen LogP contribution in [0.5, 0.6) is 0 Å². The van der Waals surface area contributed by atoms with Gasteiger partial charge in [0.15, 0.2) is 0 Å². The summed E-state index contributed by atoms with van der Waals surface area (Å²) in [6.45, 7) is 3.62. The van der Waals surface area contributed by atoms with Crippen molar-refractivity contribution in [3.8, 4) is 0 Å². The number of hydrogen-bond donors (Lipinski definition) is 2. The third kappa shape index (κ3) is 2.96. The van der Waals surface area contributed by atoms with Crippen LogP contribution in [0.3, 0.4) is 0 Å². The van der Waals surface area contributed by atoms with Crippen molar-refractivity contribution < 1.29 is 15.0 Å². The zero-order valence-electron chi connectivity index (χ0n) is 8.65. The van der Waals surface area contributed by atoms with Gasteiger partial charge in [0.05, 0.1) is 0 Å². The normalized spacial score (nSPS) is 26.0. The van der Waals surface area contributed by atoms with E-state index in [-0.39, 0.29) is 6.61 Å². The van der Waals surface area contributed by atoms with Crippen LogP contribution in [-0.2, 0) is 4.79 Å². The highest BCUT2D eigenvalue weighted by atomic mass is 16.4. The monoisotopic (exact) mass is 201 g/mol. The third-order valence-electron chi connectivity index (χ3n) is 2.99. The number of carbonyl (C=O) groups is 1. The molecule has 0 saturated carbocycles. The van der Waals surface area contributed by atoms with Gasteiger partial charge in [-0.1, -0.05) is 0 Å². The van der Waals surface area contributed by atoms with Crippen LogP contribution in [-0.4, -0.2) is 46.8 Å². The zero-order valence-corrected chi connectivity index (χ0v) is 8.65. The van der Waals surface area contributed by atoms with Gasteiger partial charge < -0.3 is 10.2 Å². The number of carboxylic acid groups (broad SMARTS) is 1. The number of likely N-dealkylation sites (tertiary alicyclic amines) is 1. The van der Waals surface area contributed by atoms with Crippen molar-refractivity contribution in [2.24, 2.45) is 5.92 Å². The van der Waals surface area contributed by atoms with Gasteiger partial charge in [0.25, 0.3) is 0 Å². The molecule has 0 bridgehead atoms. The minimum Gasteiger partial charge on any atom is -0.480 e. The minimum atomic E-state index is -0.755. The first-order valence-corrected chi connectivity index (χ1v) is 5.23. The van der Waals surface area contributed by atoms with Gasteiger partial charge >= 0.3 is 5.97 Å². The molecule has 2 atom stereocenters. The largest absolute Gasteiger partial charge is 0.480 e. The molecule has 14 heavy (non-hydrogen) atoms. The number of piperidine rings is 1. The predicted molar refractivity (Wildman–Crippen MR) is 53.1 cm³/mol. The smallest absolute Gasteiger partial charge is 0.320 e. The van der Waals surface area contributed by atoms with Crippen LogP contribution in [0.25, 0.3) is 0 Å². The standard InChI is InChI=1S/C10H19NO3/c1-8(10(13)14)11-5-2-3-9(7-11)4-6-12/h8-9,12H,2-7H2,1H3,(H,13,14). The van der Waals surface area contributed by atoms with Crippen LogP contribution in [0, 0.1) is 5.92 Å². The molecule has 0 radical (unpaired) electrons. The van der Waals surface area contributed by atoms with Crippen molar-refractivity contribution in [1.29, 1.82) is 0 Å². The van der Waals surface area contributed by atoms with E-state index in [4.69, 9.17) is 10.2 Å². The first kappa shape index (κ1) is 11.5.